The lowest BCUT2D eigenvalue weighted by Gasteiger charge is -2.23. The molecule has 0 aromatic carbocycles. The lowest BCUT2D eigenvalue weighted by molar-refractivity contribution is 0.486. The van der Waals surface area contributed by atoms with Crippen LogP contribution in [0.15, 0.2) is 30.6 Å². The van der Waals surface area contributed by atoms with Crippen LogP contribution < -0.4 is 0 Å². The van der Waals surface area contributed by atoms with Gasteiger partial charge in [0.2, 0.25) is 0 Å². The van der Waals surface area contributed by atoms with Gasteiger partial charge in [0.25, 0.3) is 0 Å². The highest BCUT2D eigenvalue weighted by Crippen LogP contribution is 2.28. The molecule has 2 aromatic heterocycles. The Morgan fingerprint density at radius 1 is 1.50 bits per heavy atom. The number of H-pyrrole nitrogens is 1. The van der Waals surface area contributed by atoms with Crippen molar-refractivity contribution in [3.63, 3.8) is 0 Å². The van der Waals surface area contributed by atoms with Gasteiger partial charge in [-0.1, -0.05) is 6.08 Å². The molecule has 2 aromatic rings. The summed E-state index contributed by atoms with van der Waals surface area (Å²) in [5.74, 6) is 0. The third-order valence-corrected chi connectivity index (χ3v) is 4.39. The van der Waals surface area contributed by atoms with E-state index in [-0.39, 0.29) is 0 Å². The van der Waals surface area contributed by atoms with Crippen LogP contribution in [0, 0.1) is 0 Å². The van der Waals surface area contributed by atoms with Gasteiger partial charge in [0, 0.05) is 42.7 Å². The largest absolute Gasteiger partial charge is 0.346 e. The fraction of sp³-hybridized carbons (Fsp3) is 0.308. The van der Waals surface area contributed by atoms with E-state index in [0.717, 1.165) is 30.5 Å². The molecule has 18 heavy (non-hydrogen) atoms. The number of aromatic nitrogens is 2. The third kappa shape index (κ3) is 2.00. The average molecular weight is 261 g/mol. The second kappa shape index (κ2) is 4.66. The van der Waals surface area contributed by atoms with Gasteiger partial charge in [0.15, 0.2) is 0 Å². The second-order valence-corrected chi connectivity index (χ2v) is 5.76. The van der Waals surface area contributed by atoms with Crippen LogP contribution in [0.3, 0.4) is 0 Å². The zero-order valence-electron chi connectivity index (χ0n) is 10.2. The zero-order chi connectivity index (χ0) is 12.5. The molecule has 94 valence electrons. The number of nitrogens with one attached hydrogen (secondary N) is 1. The summed E-state index contributed by atoms with van der Waals surface area (Å²) in [5.41, 5.74) is 3.46. The molecule has 1 N–H and O–H groups in total. The summed E-state index contributed by atoms with van der Waals surface area (Å²) in [6.07, 6.45) is 8.64. The van der Waals surface area contributed by atoms with E-state index < -0.39 is 11.0 Å². The molecule has 0 fully saturated rings. The highest BCUT2D eigenvalue weighted by Gasteiger charge is 2.17. The van der Waals surface area contributed by atoms with Crippen molar-refractivity contribution in [2.24, 2.45) is 0 Å². The maximum absolute atomic E-state index is 11.4. The Hall–Kier alpha value is -1.46. The molecular formula is C13H15N3OS. The van der Waals surface area contributed by atoms with E-state index >= 15 is 0 Å². The SMILES string of the molecule is CS(=O)N1CC=C(c2c[nH]c3ncccc23)CC1. The molecule has 1 aliphatic rings. The summed E-state index contributed by atoms with van der Waals surface area (Å²) >= 11 is 0. The first-order chi connectivity index (χ1) is 8.75. The quantitative estimate of drug-likeness (QED) is 0.898. The lowest BCUT2D eigenvalue weighted by atomic mass is 10.0. The molecule has 3 heterocycles. The van der Waals surface area contributed by atoms with E-state index in [1.54, 1.807) is 12.5 Å². The Balaban J connectivity index is 1.94. The van der Waals surface area contributed by atoms with Gasteiger partial charge in [0.1, 0.15) is 5.65 Å². The minimum atomic E-state index is -0.872. The monoisotopic (exact) mass is 261 g/mol. The first-order valence-electron chi connectivity index (χ1n) is 5.95. The Kier molecular flexibility index (Phi) is 3.01. The number of hydrogen-bond donors (Lipinski definition) is 1. The maximum Gasteiger partial charge on any atom is 0.137 e. The molecule has 4 nitrogen and oxygen atoms in total. The van der Waals surface area contributed by atoms with Gasteiger partial charge < -0.3 is 4.98 Å². The van der Waals surface area contributed by atoms with Crippen molar-refractivity contribution in [3.05, 3.63) is 36.2 Å². The minimum Gasteiger partial charge on any atom is -0.346 e. The lowest BCUT2D eigenvalue weighted by Crippen LogP contribution is -2.29. The number of aromatic amines is 1. The normalized spacial score (nSPS) is 18.8. The predicted molar refractivity (Wildman–Crippen MR) is 74.3 cm³/mol. The van der Waals surface area contributed by atoms with Gasteiger partial charge in [-0.15, -0.1) is 0 Å². The Labute approximate surface area is 108 Å². The molecule has 0 saturated carbocycles. The van der Waals surface area contributed by atoms with E-state index in [0.29, 0.717) is 0 Å². The topological polar surface area (TPSA) is 49.0 Å². The summed E-state index contributed by atoms with van der Waals surface area (Å²) in [6, 6.07) is 4.04. The van der Waals surface area contributed by atoms with Gasteiger partial charge in [0.05, 0.1) is 11.0 Å². The summed E-state index contributed by atoms with van der Waals surface area (Å²) < 4.78 is 13.4. The van der Waals surface area contributed by atoms with Crippen molar-refractivity contribution in [1.82, 2.24) is 14.3 Å². The standard InChI is InChI=1S/C13H15N3OS/c1-18(17)16-7-4-10(5-8-16)12-9-15-13-11(12)3-2-6-14-13/h2-4,6,9H,5,7-8H2,1H3,(H,14,15). The van der Waals surface area contributed by atoms with Crippen LogP contribution in [-0.2, 0) is 11.0 Å². The van der Waals surface area contributed by atoms with E-state index in [1.165, 1.54) is 11.1 Å². The van der Waals surface area contributed by atoms with Crippen LogP contribution in [0.4, 0.5) is 0 Å². The molecule has 0 bridgehead atoms. The molecule has 1 aliphatic heterocycles. The van der Waals surface area contributed by atoms with E-state index in [2.05, 4.69) is 22.1 Å². The van der Waals surface area contributed by atoms with Crippen LogP contribution in [0.2, 0.25) is 0 Å². The van der Waals surface area contributed by atoms with Crippen molar-refractivity contribution < 1.29 is 4.21 Å². The summed E-state index contributed by atoms with van der Waals surface area (Å²) in [4.78, 5) is 7.49. The molecule has 5 heteroatoms. The predicted octanol–water partition coefficient (Wildman–Crippen LogP) is 1.95. The molecule has 0 spiro atoms. The minimum absolute atomic E-state index is 0.755. The van der Waals surface area contributed by atoms with Crippen molar-refractivity contribution in [2.45, 2.75) is 6.42 Å². The molecular weight excluding hydrogens is 246 g/mol. The Morgan fingerprint density at radius 3 is 3.11 bits per heavy atom. The highest BCUT2D eigenvalue weighted by molar-refractivity contribution is 7.81. The molecule has 1 atom stereocenters. The van der Waals surface area contributed by atoms with Crippen molar-refractivity contribution in [1.29, 1.82) is 0 Å². The highest BCUT2D eigenvalue weighted by atomic mass is 32.2. The van der Waals surface area contributed by atoms with Gasteiger partial charge >= 0.3 is 0 Å². The smallest absolute Gasteiger partial charge is 0.137 e. The summed E-state index contributed by atoms with van der Waals surface area (Å²) in [7, 11) is -0.872. The van der Waals surface area contributed by atoms with Crippen LogP contribution in [0.1, 0.15) is 12.0 Å². The average Bonchev–Trinajstić information content (AvgIpc) is 2.82. The number of hydrogen-bond acceptors (Lipinski definition) is 2. The Bertz CT molecular complexity index is 632. The van der Waals surface area contributed by atoms with Crippen molar-refractivity contribution in [3.8, 4) is 0 Å². The van der Waals surface area contributed by atoms with E-state index in [1.807, 2.05) is 16.6 Å². The van der Waals surface area contributed by atoms with Crippen molar-refractivity contribution in [2.75, 3.05) is 19.3 Å². The fourth-order valence-electron chi connectivity index (χ4n) is 2.35. The number of pyridine rings is 1. The number of nitrogens with zero attached hydrogens (tertiary/aromatic N) is 2. The van der Waals surface area contributed by atoms with Gasteiger partial charge in [-0.3, -0.25) is 0 Å². The fourth-order valence-corrected chi connectivity index (χ4v) is 2.98. The van der Waals surface area contributed by atoms with Gasteiger partial charge in [-0.05, 0) is 24.1 Å². The number of fused-ring (bicyclic) bond motifs is 1. The van der Waals surface area contributed by atoms with Gasteiger partial charge in [-0.2, -0.15) is 0 Å². The van der Waals surface area contributed by atoms with Crippen LogP contribution in [-0.4, -0.2) is 37.8 Å². The van der Waals surface area contributed by atoms with Crippen LogP contribution in [0.5, 0.6) is 0 Å². The molecule has 0 aliphatic carbocycles. The molecule has 1 unspecified atom stereocenters. The second-order valence-electron chi connectivity index (χ2n) is 4.39. The summed E-state index contributed by atoms with van der Waals surface area (Å²) in [5, 5.41) is 1.16. The first kappa shape index (κ1) is 11.6. The van der Waals surface area contributed by atoms with Crippen LogP contribution >= 0.6 is 0 Å². The Morgan fingerprint density at radius 2 is 2.39 bits per heavy atom. The van der Waals surface area contributed by atoms with Crippen LogP contribution in [0.25, 0.3) is 16.6 Å². The summed E-state index contributed by atoms with van der Waals surface area (Å²) in [6.45, 7) is 1.60. The first-order valence-corrected chi connectivity index (χ1v) is 7.47. The number of rotatable bonds is 2. The van der Waals surface area contributed by atoms with E-state index in [9.17, 15) is 4.21 Å². The maximum atomic E-state index is 11.4. The molecule has 3 rings (SSSR count). The van der Waals surface area contributed by atoms with Gasteiger partial charge in [-0.25, -0.2) is 13.5 Å². The molecule has 0 radical (unpaired) electrons. The third-order valence-electron chi connectivity index (χ3n) is 3.33. The van der Waals surface area contributed by atoms with E-state index in [4.69, 9.17) is 0 Å². The zero-order valence-corrected chi connectivity index (χ0v) is 11.0. The van der Waals surface area contributed by atoms with Crippen molar-refractivity contribution >= 4 is 27.6 Å². The molecule has 0 saturated heterocycles. The molecule has 0 amide bonds.